The smallest absolute Gasteiger partial charge is 0.230 e. The quantitative estimate of drug-likeness (QED) is 0.631. The molecule has 0 saturated heterocycles. The highest BCUT2D eigenvalue weighted by atomic mass is 19.1. The summed E-state index contributed by atoms with van der Waals surface area (Å²) in [5.41, 5.74) is 2.74. The van der Waals surface area contributed by atoms with Crippen LogP contribution in [0.1, 0.15) is 43.9 Å². The lowest BCUT2D eigenvalue weighted by atomic mass is 9.89. The Labute approximate surface area is 140 Å². The maximum atomic E-state index is 13.3. The predicted octanol–water partition coefficient (Wildman–Crippen LogP) is 5.59. The van der Waals surface area contributed by atoms with Crippen molar-refractivity contribution in [3.8, 4) is 22.5 Å². The first-order chi connectivity index (χ1) is 11.8. The first kappa shape index (κ1) is 15.1. The first-order valence-electron chi connectivity index (χ1n) is 8.49. The summed E-state index contributed by atoms with van der Waals surface area (Å²) in [4.78, 5) is 4.58. The molecule has 1 heterocycles. The van der Waals surface area contributed by atoms with Gasteiger partial charge in [0, 0.05) is 11.5 Å². The Kier molecular flexibility index (Phi) is 4.11. The topological polar surface area (TPSA) is 38.9 Å². The zero-order valence-electron chi connectivity index (χ0n) is 13.4. The van der Waals surface area contributed by atoms with Gasteiger partial charge in [0.1, 0.15) is 5.82 Å². The van der Waals surface area contributed by atoms with Crippen LogP contribution in [0.25, 0.3) is 22.5 Å². The average Bonchev–Trinajstić information content (AvgIpc) is 3.13. The van der Waals surface area contributed by atoms with Gasteiger partial charge >= 0.3 is 0 Å². The highest BCUT2D eigenvalue weighted by Gasteiger charge is 2.21. The molecule has 1 aromatic heterocycles. The minimum absolute atomic E-state index is 0.230. The summed E-state index contributed by atoms with van der Waals surface area (Å²) in [5.74, 6) is 1.57. The van der Waals surface area contributed by atoms with E-state index in [2.05, 4.69) is 10.1 Å². The summed E-state index contributed by atoms with van der Waals surface area (Å²) in [5, 5.41) is 4.13. The fourth-order valence-electron chi connectivity index (χ4n) is 3.35. The number of hydrogen-bond donors (Lipinski definition) is 0. The molecule has 3 aromatic rings. The fourth-order valence-corrected chi connectivity index (χ4v) is 3.35. The summed E-state index contributed by atoms with van der Waals surface area (Å²) < 4.78 is 18.8. The average molecular weight is 322 g/mol. The molecule has 1 aliphatic carbocycles. The Morgan fingerprint density at radius 3 is 2.38 bits per heavy atom. The Balaban J connectivity index is 1.56. The van der Waals surface area contributed by atoms with Crippen LogP contribution in [0, 0.1) is 5.82 Å². The van der Waals surface area contributed by atoms with Crippen molar-refractivity contribution in [1.29, 1.82) is 0 Å². The Morgan fingerprint density at radius 2 is 1.62 bits per heavy atom. The SMILES string of the molecule is Fc1cccc(-c2ccc(-c3noc(C4CCCCC4)n3)cc2)c1. The number of halogens is 1. The molecular weight excluding hydrogens is 303 g/mol. The Morgan fingerprint density at radius 1 is 0.875 bits per heavy atom. The van der Waals surface area contributed by atoms with Crippen molar-refractivity contribution in [3.05, 3.63) is 60.2 Å². The standard InChI is InChI=1S/C20H19FN2O/c21-18-8-4-7-17(13-18)14-9-11-15(12-10-14)19-22-20(24-23-19)16-5-2-1-3-6-16/h4,7-13,16H,1-3,5-6H2. The van der Waals surface area contributed by atoms with Crippen molar-refractivity contribution in [3.63, 3.8) is 0 Å². The zero-order chi connectivity index (χ0) is 16.4. The molecule has 122 valence electrons. The van der Waals surface area contributed by atoms with Crippen LogP contribution in [0.3, 0.4) is 0 Å². The lowest BCUT2D eigenvalue weighted by molar-refractivity contribution is 0.314. The second kappa shape index (κ2) is 6.56. The highest BCUT2D eigenvalue weighted by molar-refractivity contribution is 5.67. The van der Waals surface area contributed by atoms with Crippen LogP contribution in [-0.4, -0.2) is 10.1 Å². The predicted molar refractivity (Wildman–Crippen MR) is 91.0 cm³/mol. The van der Waals surface area contributed by atoms with E-state index in [9.17, 15) is 4.39 Å². The third-order valence-corrected chi connectivity index (χ3v) is 4.70. The van der Waals surface area contributed by atoms with E-state index in [-0.39, 0.29) is 5.82 Å². The molecule has 0 radical (unpaired) electrons. The summed E-state index contributed by atoms with van der Waals surface area (Å²) in [6.07, 6.45) is 6.06. The molecule has 3 nitrogen and oxygen atoms in total. The van der Waals surface area contributed by atoms with Crippen molar-refractivity contribution < 1.29 is 8.91 Å². The monoisotopic (exact) mass is 322 g/mol. The van der Waals surface area contributed by atoms with Gasteiger partial charge in [0.25, 0.3) is 0 Å². The van der Waals surface area contributed by atoms with E-state index in [0.717, 1.165) is 35.4 Å². The normalized spacial score (nSPS) is 15.5. The van der Waals surface area contributed by atoms with Crippen LogP contribution >= 0.6 is 0 Å². The molecular formula is C20H19FN2O. The molecule has 1 fully saturated rings. The third kappa shape index (κ3) is 3.09. The molecule has 0 N–H and O–H groups in total. The van der Waals surface area contributed by atoms with Crippen molar-refractivity contribution >= 4 is 0 Å². The lowest BCUT2D eigenvalue weighted by Gasteiger charge is -2.17. The number of aromatic nitrogens is 2. The van der Waals surface area contributed by atoms with Crippen molar-refractivity contribution in [2.24, 2.45) is 0 Å². The summed E-state index contributed by atoms with van der Waals surface area (Å²) in [7, 11) is 0. The van der Waals surface area contributed by atoms with E-state index >= 15 is 0 Å². The molecule has 4 rings (SSSR count). The third-order valence-electron chi connectivity index (χ3n) is 4.70. The molecule has 2 aromatic carbocycles. The molecule has 0 atom stereocenters. The van der Waals surface area contributed by atoms with Crippen LogP contribution in [0.5, 0.6) is 0 Å². The van der Waals surface area contributed by atoms with Gasteiger partial charge in [-0.2, -0.15) is 4.98 Å². The van der Waals surface area contributed by atoms with Gasteiger partial charge in [0.2, 0.25) is 11.7 Å². The van der Waals surface area contributed by atoms with Gasteiger partial charge in [-0.1, -0.05) is 60.8 Å². The second-order valence-electron chi connectivity index (χ2n) is 6.38. The molecule has 4 heteroatoms. The number of hydrogen-bond acceptors (Lipinski definition) is 3. The molecule has 1 aliphatic rings. The molecule has 24 heavy (non-hydrogen) atoms. The van der Waals surface area contributed by atoms with Gasteiger partial charge in [0.05, 0.1) is 0 Å². The van der Waals surface area contributed by atoms with Crippen LogP contribution in [-0.2, 0) is 0 Å². The number of benzene rings is 2. The zero-order valence-corrected chi connectivity index (χ0v) is 13.4. The maximum absolute atomic E-state index is 13.3. The van der Waals surface area contributed by atoms with E-state index in [1.807, 2.05) is 30.3 Å². The number of nitrogens with zero attached hydrogens (tertiary/aromatic N) is 2. The summed E-state index contributed by atoms with van der Waals surface area (Å²) in [6, 6.07) is 14.4. The fraction of sp³-hybridized carbons (Fsp3) is 0.300. The van der Waals surface area contributed by atoms with E-state index in [1.165, 1.54) is 31.4 Å². The van der Waals surface area contributed by atoms with Crippen LogP contribution in [0.2, 0.25) is 0 Å². The van der Waals surface area contributed by atoms with Crippen LogP contribution in [0.15, 0.2) is 53.1 Å². The van der Waals surface area contributed by atoms with Crippen LogP contribution < -0.4 is 0 Å². The van der Waals surface area contributed by atoms with Gasteiger partial charge < -0.3 is 4.52 Å². The van der Waals surface area contributed by atoms with Crippen LogP contribution in [0.4, 0.5) is 4.39 Å². The lowest BCUT2D eigenvalue weighted by Crippen LogP contribution is -2.04. The second-order valence-corrected chi connectivity index (χ2v) is 6.38. The minimum atomic E-state index is -0.230. The van der Waals surface area contributed by atoms with Gasteiger partial charge in [-0.05, 0) is 36.1 Å². The van der Waals surface area contributed by atoms with Gasteiger partial charge in [-0.25, -0.2) is 4.39 Å². The Hall–Kier alpha value is -2.49. The maximum Gasteiger partial charge on any atom is 0.230 e. The van der Waals surface area contributed by atoms with Crippen molar-refractivity contribution in [1.82, 2.24) is 10.1 Å². The van der Waals surface area contributed by atoms with Crippen molar-refractivity contribution in [2.75, 3.05) is 0 Å². The van der Waals surface area contributed by atoms with Gasteiger partial charge in [0.15, 0.2) is 0 Å². The van der Waals surface area contributed by atoms with E-state index < -0.39 is 0 Å². The molecule has 0 amide bonds. The van der Waals surface area contributed by atoms with E-state index in [1.54, 1.807) is 6.07 Å². The molecule has 1 saturated carbocycles. The molecule has 0 bridgehead atoms. The molecule has 0 unspecified atom stereocenters. The van der Waals surface area contributed by atoms with Gasteiger partial charge in [-0.15, -0.1) is 0 Å². The number of rotatable bonds is 3. The highest BCUT2D eigenvalue weighted by Crippen LogP contribution is 2.32. The summed E-state index contributed by atoms with van der Waals surface area (Å²) in [6.45, 7) is 0. The molecule has 0 aliphatic heterocycles. The van der Waals surface area contributed by atoms with E-state index in [4.69, 9.17) is 4.52 Å². The largest absolute Gasteiger partial charge is 0.339 e. The van der Waals surface area contributed by atoms with Gasteiger partial charge in [-0.3, -0.25) is 0 Å². The van der Waals surface area contributed by atoms with Crippen molar-refractivity contribution in [2.45, 2.75) is 38.0 Å². The summed E-state index contributed by atoms with van der Waals surface area (Å²) >= 11 is 0. The van der Waals surface area contributed by atoms with E-state index in [0.29, 0.717) is 11.7 Å². The first-order valence-corrected chi connectivity index (χ1v) is 8.49. The molecule has 0 spiro atoms. The minimum Gasteiger partial charge on any atom is -0.339 e. The Bertz CT molecular complexity index is 820.